The standard InChI is InChI=1S/C20H22N2O2.C9H18O2/c1-12(2)20(24)15-11-19-18(10-14(15)13(3)23)21-16-8-6-4-5-7-9-17(16)22-19;1-4-7-11-9(10)8(5-2)6-3/h4-5,10-12H,6-9H2,1-3H3;8H,4-7H2,1-3H3/b5-4+;. The highest BCUT2D eigenvalue weighted by molar-refractivity contribution is 6.11. The molecule has 0 N–H and O–H groups in total. The number of Topliss-reactive ketones (excluding diaryl/α,β-unsaturated/α-hetero) is 2. The number of hydrogen-bond donors (Lipinski definition) is 0. The number of fused-ring (bicyclic) bond motifs is 2. The van der Waals surface area contributed by atoms with Crippen LogP contribution in [0, 0.1) is 11.8 Å². The van der Waals surface area contributed by atoms with Crippen LogP contribution >= 0.6 is 0 Å². The first-order valence-electron chi connectivity index (χ1n) is 12.9. The fourth-order valence-corrected chi connectivity index (χ4v) is 4.00. The van der Waals surface area contributed by atoms with Gasteiger partial charge >= 0.3 is 5.97 Å². The van der Waals surface area contributed by atoms with Crippen LogP contribution in [0.2, 0.25) is 0 Å². The Bertz CT molecular complexity index is 1070. The van der Waals surface area contributed by atoms with Gasteiger partial charge in [-0.1, -0.05) is 46.8 Å². The Morgan fingerprint density at radius 1 is 0.886 bits per heavy atom. The van der Waals surface area contributed by atoms with Gasteiger partial charge in [0.1, 0.15) is 0 Å². The average Bonchev–Trinajstić information content (AvgIpc) is 2.82. The normalized spacial score (nSPS) is 13.9. The predicted molar refractivity (Wildman–Crippen MR) is 140 cm³/mol. The van der Waals surface area contributed by atoms with Gasteiger partial charge in [0.25, 0.3) is 0 Å². The first kappa shape index (κ1) is 28.3. The van der Waals surface area contributed by atoms with Gasteiger partial charge in [-0.15, -0.1) is 0 Å². The Morgan fingerprint density at radius 2 is 1.40 bits per heavy atom. The van der Waals surface area contributed by atoms with Gasteiger partial charge in [0, 0.05) is 17.0 Å². The molecule has 0 aliphatic heterocycles. The number of ketones is 2. The number of nitrogens with zero attached hydrogens (tertiary/aromatic N) is 2. The fraction of sp³-hybridized carbons (Fsp3) is 0.552. The lowest BCUT2D eigenvalue weighted by Gasteiger charge is -2.14. The minimum Gasteiger partial charge on any atom is -0.465 e. The number of hydrogen-bond acceptors (Lipinski definition) is 6. The number of aromatic nitrogens is 2. The lowest BCUT2D eigenvalue weighted by atomic mass is 9.93. The summed E-state index contributed by atoms with van der Waals surface area (Å²) in [5.41, 5.74) is 4.32. The maximum atomic E-state index is 12.5. The lowest BCUT2D eigenvalue weighted by Crippen LogP contribution is -2.16. The van der Waals surface area contributed by atoms with Crippen LogP contribution in [0.15, 0.2) is 24.3 Å². The summed E-state index contributed by atoms with van der Waals surface area (Å²) in [6.45, 7) is 11.8. The zero-order chi connectivity index (χ0) is 26.0. The molecule has 0 bridgehead atoms. The summed E-state index contributed by atoms with van der Waals surface area (Å²) in [4.78, 5) is 45.2. The summed E-state index contributed by atoms with van der Waals surface area (Å²) >= 11 is 0. The van der Waals surface area contributed by atoms with E-state index < -0.39 is 0 Å². The quantitative estimate of drug-likeness (QED) is 0.244. The molecule has 6 heteroatoms. The van der Waals surface area contributed by atoms with Gasteiger partial charge in [0.2, 0.25) is 0 Å². The number of aryl methyl sites for hydroxylation is 2. The number of esters is 1. The van der Waals surface area contributed by atoms with E-state index in [9.17, 15) is 14.4 Å². The van der Waals surface area contributed by atoms with Crippen LogP contribution < -0.4 is 0 Å². The molecule has 35 heavy (non-hydrogen) atoms. The zero-order valence-electron chi connectivity index (χ0n) is 22.1. The highest BCUT2D eigenvalue weighted by Crippen LogP contribution is 2.24. The Morgan fingerprint density at radius 3 is 1.83 bits per heavy atom. The van der Waals surface area contributed by atoms with E-state index in [1.165, 1.54) is 6.92 Å². The van der Waals surface area contributed by atoms with E-state index in [0.29, 0.717) is 28.8 Å². The Labute approximate surface area is 209 Å². The molecule has 1 heterocycles. The van der Waals surface area contributed by atoms with Crippen molar-refractivity contribution in [1.29, 1.82) is 0 Å². The van der Waals surface area contributed by atoms with Crippen LogP contribution in [-0.4, -0.2) is 34.1 Å². The number of benzene rings is 1. The van der Waals surface area contributed by atoms with E-state index in [4.69, 9.17) is 14.7 Å². The fourth-order valence-electron chi connectivity index (χ4n) is 4.00. The SMILES string of the molecule is CC(=O)c1cc2nc3c(nc2cc1C(=O)C(C)C)CC/C=C/CC3.CCCOC(=O)C(CC)CC. The number of rotatable bonds is 8. The Balaban J connectivity index is 0.000000334. The highest BCUT2D eigenvalue weighted by atomic mass is 16.5. The van der Waals surface area contributed by atoms with E-state index >= 15 is 0 Å². The van der Waals surface area contributed by atoms with Crippen LogP contribution in [0.25, 0.3) is 11.0 Å². The van der Waals surface area contributed by atoms with Crippen molar-refractivity contribution < 1.29 is 19.1 Å². The molecule has 2 aromatic rings. The summed E-state index contributed by atoms with van der Waals surface area (Å²) < 4.78 is 5.00. The van der Waals surface area contributed by atoms with E-state index in [1.54, 1.807) is 12.1 Å². The Kier molecular flexibility index (Phi) is 11.2. The van der Waals surface area contributed by atoms with Crippen molar-refractivity contribution in [2.45, 2.75) is 86.5 Å². The van der Waals surface area contributed by atoms with Gasteiger partial charge in [0.15, 0.2) is 11.6 Å². The first-order chi connectivity index (χ1) is 16.7. The molecular weight excluding hydrogens is 440 g/mol. The van der Waals surface area contributed by atoms with Crippen molar-refractivity contribution in [3.05, 3.63) is 46.8 Å². The summed E-state index contributed by atoms with van der Waals surface area (Å²) in [6.07, 6.45) is 10.7. The third-order valence-electron chi connectivity index (χ3n) is 6.16. The van der Waals surface area contributed by atoms with Gasteiger partial charge in [-0.3, -0.25) is 14.4 Å². The second-order valence-electron chi connectivity index (χ2n) is 9.31. The molecule has 0 saturated carbocycles. The molecule has 0 fully saturated rings. The van der Waals surface area contributed by atoms with Gasteiger partial charge in [-0.2, -0.15) is 0 Å². The molecule has 1 aliphatic rings. The second kappa shape index (κ2) is 13.9. The molecule has 0 saturated heterocycles. The molecule has 0 radical (unpaired) electrons. The van der Waals surface area contributed by atoms with Crippen LogP contribution in [0.5, 0.6) is 0 Å². The number of allylic oxidation sites excluding steroid dienone is 2. The molecule has 3 rings (SSSR count). The van der Waals surface area contributed by atoms with Crippen molar-refractivity contribution in [3.8, 4) is 0 Å². The summed E-state index contributed by atoms with van der Waals surface area (Å²) in [5.74, 6) is -0.225. The average molecular weight is 481 g/mol. The second-order valence-corrected chi connectivity index (χ2v) is 9.31. The van der Waals surface area contributed by atoms with Crippen LogP contribution in [-0.2, 0) is 22.4 Å². The molecule has 6 nitrogen and oxygen atoms in total. The van der Waals surface area contributed by atoms with Gasteiger partial charge in [-0.05, 0) is 64.0 Å². The first-order valence-corrected chi connectivity index (χ1v) is 12.9. The molecular formula is C29H40N2O4. The Hall–Kier alpha value is -2.89. The van der Waals surface area contributed by atoms with Crippen molar-refractivity contribution in [2.24, 2.45) is 11.8 Å². The number of ether oxygens (including phenoxy) is 1. The molecule has 1 aromatic heterocycles. The lowest BCUT2D eigenvalue weighted by molar-refractivity contribution is -0.148. The molecule has 0 atom stereocenters. The molecule has 0 spiro atoms. The minimum atomic E-state index is -0.164. The molecule has 1 aromatic carbocycles. The van der Waals surface area contributed by atoms with Crippen molar-refractivity contribution in [1.82, 2.24) is 9.97 Å². The smallest absolute Gasteiger partial charge is 0.308 e. The van der Waals surface area contributed by atoms with Gasteiger partial charge in [0.05, 0.1) is 34.9 Å². The number of carbonyl (C=O) groups excluding carboxylic acids is 3. The predicted octanol–water partition coefficient (Wildman–Crippen LogP) is 6.48. The van der Waals surface area contributed by atoms with Gasteiger partial charge < -0.3 is 4.74 Å². The third kappa shape index (κ3) is 7.81. The van der Waals surface area contributed by atoms with Crippen LogP contribution in [0.3, 0.4) is 0 Å². The largest absolute Gasteiger partial charge is 0.465 e. The molecule has 1 aliphatic carbocycles. The summed E-state index contributed by atoms with van der Waals surface area (Å²) in [6, 6.07) is 3.48. The van der Waals surface area contributed by atoms with E-state index in [2.05, 4.69) is 12.2 Å². The van der Waals surface area contributed by atoms with Gasteiger partial charge in [-0.25, -0.2) is 9.97 Å². The van der Waals surface area contributed by atoms with E-state index in [1.807, 2.05) is 34.6 Å². The van der Waals surface area contributed by atoms with Crippen molar-refractivity contribution >= 4 is 28.6 Å². The summed E-state index contributed by atoms with van der Waals surface area (Å²) in [7, 11) is 0. The molecule has 0 unspecified atom stereocenters. The monoisotopic (exact) mass is 480 g/mol. The van der Waals surface area contributed by atoms with E-state index in [-0.39, 0.29) is 29.4 Å². The zero-order valence-corrected chi connectivity index (χ0v) is 22.1. The van der Waals surface area contributed by atoms with Crippen LogP contribution in [0.1, 0.15) is 106 Å². The number of carbonyl (C=O) groups is 3. The summed E-state index contributed by atoms with van der Waals surface area (Å²) in [5, 5.41) is 0. The van der Waals surface area contributed by atoms with E-state index in [0.717, 1.165) is 56.3 Å². The minimum absolute atomic E-state index is 0.0291. The highest BCUT2D eigenvalue weighted by Gasteiger charge is 2.20. The van der Waals surface area contributed by atoms with Crippen molar-refractivity contribution in [2.75, 3.05) is 6.61 Å². The third-order valence-corrected chi connectivity index (χ3v) is 6.16. The topological polar surface area (TPSA) is 86.2 Å². The molecule has 0 amide bonds. The maximum Gasteiger partial charge on any atom is 0.308 e. The van der Waals surface area contributed by atoms with Crippen molar-refractivity contribution in [3.63, 3.8) is 0 Å². The maximum absolute atomic E-state index is 12.5. The van der Waals surface area contributed by atoms with Crippen LogP contribution in [0.4, 0.5) is 0 Å². The molecule has 190 valence electrons.